The third-order valence-corrected chi connectivity index (χ3v) is 2.08. The lowest BCUT2D eigenvalue weighted by Crippen LogP contribution is -2.10. The number of aromatic nitrogens is 4. The summed E-state index contributed by atoms with van der Waals surface area (Å²) < 4.78 is 1.36. The molecule has 1 heterocycles. The molecule has 0 spiro atoms. The van der Waals surface area contributed by atoms with Crippen molar-refractivity contribution in [1.29, 1.82) is 0 Å². The zero-order chi connectivity index (χ0) is 10.7. The molecule has 2 rings (SSSR count). The highest BCUT2D eigenvalue weighted by Gasteiger charge is 2.07. The number of carbonyl (C=O) groups is 1. The molecular formula is C9H7ClN4O. The molecule has 0 saturated heterocycles. The van der Waals surface area contributed by atoms with Crippen molar-refractivity contribution in [2.24, 2.45) is 0 Å². The van der Waals surface area contributed by atoms with Gasteiger partial charge in [-0.2, -0.15) is 0 Å². The molecule has 5 nitrogen and oxygen atoms in total. The van der Waals surface area contributed by atoms with E-state index in [2.05, 4.69) is 15.5 Å². The summed E-state index contributed by atoms with van der Waals surface area (Å²) in [5.41, 5.74) is 0.554. The fourth-order valence-corrected chi connectivity index (χ4v) is 1.34. The molecule has 0 atom stereocenters. The first-order chi connectivity index (χ1) is 7.25. The molecule has 76 valence electrons. The van der Waals surface area contributed by atoms with Gasteiger partial charge < -0.3 is 0 Å². The number of halogens is 1. The molecule has 1 aromatic heterocycles. The number of rotatable bonds is 3. The Hall–Kier alpha value is -1.75. The van der Waals surface area contributed by atoms with Crippen LogP contribution in [0.4, 0.5) is 0 Å². The minimum absolute atomic E-state index is 0.0789. The summed E-state index contributed by atoms with van der Waals surface area (Å²) in [6.07, 6.45) is 1.39. The average molecular weight is 223 g/mol. The minimum atomic E-state index is -0.0789. The maximum absolute atomic E-state index is 11.7. The van der Waals surface area contributed by atoms with Crippen LogP contribution in [-0.2, 0) is 6.54 Å². The van der Waals surface area contributed by atoms with Crippen LogP contribution in [0.1, 0.15) is 10.4 Å². The van der Waals surface area contributed by atoms with Gasteiger partial charge in [0.25, 0.3) is 0 Å². The number of hydrogen-bond acceptors (Lipinski definition) is 4. The topological polar surface area (TPSA) is 60.7 Å². The Morgan fingerprint density at radius 1 is 1.47 bits per heavy atom. The fraction of sp³-hybridized carbons (Fsp3) is 0.111. The smallest absolute Gasteiger partial charge is 0.184 e. The Kier molecular flexibility index (Phi) is 2.73. The van der Waals surface area contributed by atoms with Gasteiger partial charge in [0.05, 0.1) is 0 Å². The molecule has 0 aliphatic carbocycles. The van der Waals surface area contributed by atoms with E-state index < -0.39 is 0 Å². The average Bonchev–Trinajstić information content (AvgIpc) is 2.70. The van der Waals surface area contributed by atoms with Crippen LogP contribution in [0.25, 0.3) is 0 Å². The molecule has 2 aromatic rings. The van der Waals surface area contributed by atoms with Gasteiger partial charge in [-0.05, 0) is 22.6 Å². The number of ketones is 1. The maximum atomic E-state index is 11.7. The summed E-state index contributed by atoms with van der Waals surface area (Å²) >= 11 is 5.77. The van der Waals surface area contributed by atoms with Gasteiger partial charge in [-0.25, -0.2) is 4.68 Å². The number of nitrogens with zero attached hydrogens (tertiary/aromatic N) is 4. The molecule has 0 unspecified atom stereocenters. The van der Waals surface area contributed by atoms with Crippen LogP contribution in [0, 0.1) is 0 Å². The summed E-state index contributed by atoms with van der Waals surface area (Å²) in [5, 5.41) is 11.0. The minimum Gasteiger partial charge on any atom is -0.292 e. The Bertz CT molecular complexity index is 469. The zero-order valence-corrected chi connectivity index (χ0v) is 8.42. The van der Waals surface area contributed by atoms with Crippen molar-refractivity contribution in [1.82, 2.24) is 20.2 Å². The summed E-state index contributed by atoms with van der Waals surface area (Å²) in [6.45, 7) is 0.118. The van der Waals surface area contributed by atoms with Crippen LogP contribution in [-0.4, -0.2) is 26.0 Å². The number of Topliss-reactive ketones (excluding diaryl/α,β-unsaturated/α-hetero) is 1. The van der Waals surface area contributed by atoms with Crippen molar-refractivity contribution in [3.63, 3.8) is 0 Å². The first-order valence-electron chi connectivity index (χ1n) is 4.25. The summed E-state index contributed by atoms with van der Waals surface area (Å²) in [6, 6.07) is 6.78. The van der Waals surface area contributed by atoms with Gasteiger partial charge in [0.15, 0.2) is 5.78 Å². The monoisotopic (exact) mass is 222 g/mol. The number of hydrogen-bond donors (Lipinski definition) is 0. The Morgan fingerprint density at radius 3 is 3.00 bits per heavy atom. The highest BCUT2D eigenvalue weighted by molar-refractivity contribution is 6.30. The highest BCUT2D eigenvalue weighted by atomic mass is 35.5. The first-order valence-corrected chi connectivity index (χ1v) is 4.63. The van der Waals surface area contributed by atoms with Gasteiger partial charge in [0.2, 0.25) is 0 Å². The van der Waals surface area contributed by atoms with Gasteiger partial charge in [0.1, 0.15) is 12.9 Å². The normalized spacial score (nSPS) is 10.2. The lowest BCUT2D eigenvalue weighted by atomic mass is 10.1. The molecule has 0 N–H and O–H groups in total. The predicted octanol–water partition coefficient (Wildman–Crippen LogP) is 1.21. The van der Waals surface area contributed by atoms with Crippen molar-refractivity contribution < 1.29 is 4.79 Å². The van der Waals surface area contributed by atoms with Crippen LogP contribution in [0.2, 0.25) is 5.02 Å². The van der Waals surface area contributed by atoms with Crippen LogP contribution >= 0.6 is 11.6 Å². The Morgan fingerprint density at radius 2 is 2.33 bits per heavy atom. The quantitative estimate of drug-likeness (QED) is 0.733. The van der Waals surface area contributed by atoms with E-state index in [1.807, 2.05) is 0 Å². The van der Waals surface area contributed by atoms with Crippen LogP contribution in [0.5, 0.6) is 0 Å². The standard InChI is InChI=1S/C9H7ClN4O/c10-8-3-1-2-7(4-8)9(15)5-14-6-11-12-13-14/h1-4,6H,5H2. The molecule has 6 heteroatoms. The van der Waals surface area contributed by atoms with Crippen LogP contribution in [0.15, 0.2) is 30.6 Å². The van der Waals surface area contributed by atoms with Crippen molar-refractivity contribution in [3.8, 4) is 0 Å². The second kappa shape index (κ2) is 4.18. The molecular weight excluding hydrogens is 216 g/mol. The number of carbonyl (C=O) groups excluding carboxylic acids is 1. The Balaban J connectivity index is 2.15. The second-order valence-electron chi connectivity index (χ2n) is 2.94. The van der Waals surface area contributed by atoms with Crippen molar-refractivity contribution in [3.05, 3.63) is 41.2 Å². The largest absolute Gasteiger partial charge is 0.292 e. The summed E-state index contributed by atoms with van der Waals surface area (Å²) in [5.74, 6) is -0.0789. The second-order valence-corrected chi connectivity index (χ2v) is 3.38. The lowest BCUT2D eigenvalue weighted by Gasteiger charge is -2.00. The van der Waals surface area contributed by atoms with Gasteiger partial charge in [-0.3, -0.25) is 4.79 Å². The zero-order valence-electron chi connectivity index (χ0n) is 7.67. The fourth-order valence-electron chi connectivity index (χ4n) is 1.15. The molecule has 0 bridgehead atoms. The van der Waals surface area contributed by atoms with Crippen molar-refractivity contribution in [2.45, 2.75) is 6.54 Å². The SMILES string of the molecule is O=C(Cn1cnnn1)c1cccc(Cl)c1. The molecule has 0 aliphatic heterocycles. The number of benzene rings is 1. The van der Waals surface area contributed by atoms with Gasteiger partial charge in [0, 0.05) is 10.6 Å². The predicted molar refractivity (Wildman–Crippen MR) is 53.6 cm³/mol. The third-order valence-electron chi connectivity index (χ3n) is 1.84. The van der Waals surface area contributed by atoms with Gasteiger partial charge in [-0.1, -0.05) is 23.7 Å². The molecule has 0 fully saturated rings. The van der Waals surface area contributed by atoms with Crippen molar-refractivity contribution >= 4 is 17.4 Å². The van der Waals surface area contributed by atoms with E-state index in [9.17, 15) is 4.79 Å². The van der Waals surface area contributed by atoms with Gasteiger partial charge in [-0.15, -0.1) is 5.10 Å². The molecule has 0 amide bonds. The first kappa shape index (κ1) is 9.79. The van der Waals surface area contributed by atoms with E-state index in [0.717, 1.165) is 0 Å². The molecule has 0 saturated carbocycles. The van der Waals surface area contributed by atoms with Crippen LogP contribution < -0.4 is 0 Å². The lowest BCUT2D eigenvalue weighted by molar-refractivity contribution is 0.0967. The highest BCUT2D eigenvalue weighted by Crippen LogP contribution is 2.11. The van der Waals surface area contributed by atoms with E-state index in [-0.39, 0.29) is 12.3 Å². The van der Waals surface area contributed by atoms with Crippen molar-refractivity contribution in [2.75, 3.05) is 0 Å². The molecule has 0 aliphatic rings. The summed E-state index contributed by atoms with van der Waals surface area (Å²) in [4.78, 5) is 11.7. The number of tetrazole rings is 1. The molecule has 15 heavy (non-hydrogen) atoms. The molecule has 0 radical (unpaired) electrons. The van der Waals surface area contributed by atoms with Crippen LogP contribution in [0.3, 0.4) is 0 Å². The molecule has 1 aromatic carbocycles. The maximum Gasteiger partial charge on any atom is 0.184 e. The van der Waals surface area contributed by atoms with E-state index in [4.69, 9.17) is 11.6 Å². The van der Waals surface area contributed by atoms with E-state index in [1.165, 1.54) is 11.0 Å². The third kappa shape index (κ3) is 2.38. The van der Waals surface area contributed by atoms with E-state index in [1.54, 1.807) is 24.3 Å². The van der Waals surface area contributed by atoms with Gasteiger partial charge >= 0.3 is 0 Å². The van der Waals surface area contributed by atoms with E-state index in [0.29, 0.717) is 10.6 Å². The summed E-state index contributed by atoms with van der Waals surface area (Å²) in [7, 11) is 0. The van der Waals surface area contributed by atoms with E-state index >= 15 is 0 Å². The Labute approximate surface area is 90.7 Å².